The van der Waals surface area contributed by atoms with Crippen LogP contribution in [-0.2, 0) is 10.0 Å². The predicted molar refractivity (Wildman–Crippen MR) is 123 cm³/mol. The lowest BCUT2D eigenvalue weighted by molar-refractivity contribution is 0.0746. The molecule has 0 spiro atoms. The van der Waals surface area contributed by atoms with E-state index in [2.05, 4.69) is 41.1 Å². The van der Waals surface area contributed by atoms with Crippen LogP contribution in [0.5, 0.6) is 0 Å². The van der Waals surface area contributed by atoms with E-state index in [4.69, 9.17) is 5.14 Å². The minimum Gasteiger partial charge on any atom is -0.352 e. The minimum absolute atomic E-state index is 0.0123. The Labute approximate surface area is 187 Å². The number of anilines is 1. The van der Waals surface area contributed by atoms with Gasteiger partial charge in [-0.1, -0.05) is 12.1 Å². The Bertz CT molecular complexity index is 1230. The molecule has 4 rings (SSSR count). The van der Waals surface area contributed by atoms with Crippen molar-refractivity contribution in [2.75, 3.05) is 31.1 Å². The summed E-state index contributed by atoms with van der Waals surface area (Å²) in [6, 6.07) is 15.9. The highest BCUT2D eigenvalue weighted by Gasteiger charge is 2.23. The monoisotopic (exact) mass is 451 g/mol. The van der Waals surface area contributed by atoms with Crippen molar-refractivity contribution in [2.24, 2.45) is 5.14 Å². The van der Waals surface area contributed by atoms with Crippen molar-refractivity contribution < 1.29 is 13.2 Å². The number of aromatic nitrogens is 2. The van der Waals surface area contributed by atoms with Crippen LogP contribution in [0, 0.1) is 13.8 Å². The van der Waals surface area contributed by atoms with Crippen LogP contribution in [0.25, 0.3) is 11.3 Å². The molecule has 2 heterocycles. The van der Waals surface area contributed by atoms with Gasteiger partial charge in [-0.3, -0.25) is 4.79 Å². The summed E-state index contributed by atoms with van der Waals surface area (Å²) in [4.78, 5) is 16.6. The molecule has 0 unspecified atom stereocenters. The Morgan fingerprint density at radius 2 is 1.56 bits per heavy atom. The van der Waals surface area contributed by atoms with Crippen LogP contribution < -0.4 is 10.0 Å². The SMILES string of the molecule is Cc1ccc(-c2ccc(N3CCN(C(=O)c4ccc(S(N)(=O)=O)cc4)CC3)nn2)cc1C. The van der Waals surface area contributed by atoms with Crippen LogP contribution in [0.15, 0.2) is 59.5 Å². The lowest BCUT2D eigenvalue weighted by Crippen LogP contribution is -2.49. The van der Waals surface area contributed by atoms with Crippen molar-refractivity contribution in [3.8, 4) is 11.3 Å². The van der Waals surface area contributed by atoms with Crippen molar-refractivity contribution in [2.45, 2.75) is 18.7 Å². The molecular formula is C23H25N5O3S. The van der Waals surface area contributed by atoms with E-state index < -0.39 is 10.0 Å². The molecule has 1 amide bonds. The summed E-state index contributed by atoms with van der Waals surface area (Å²) in [6.07, 6.45) is 0. The van der Waals surface area contributed by atoms with Crippen molar-refractivity contribution >= 4 is 21.7 Å². The number of primary sulfonamides is 1. The minimum atomic E-state index is -3.78. The molecule has 0 bridgehead atoms. The maximum atomic E-state index is 12.8. The normalized spacial score (nSPS) is 14.5. The van der Waals surface area contributed by atoms with Crippen LogP contribution in [0.3, 0.4) is 0 Å². The number of carbonyl (C=O) groups is 1. The number of piperazine rings is 1. The second-order valence-electron chi connectivity index (χ2n) is 7.92. The van der Waals surface area contributed by atoms with Crippen LogP contribution >= 0.6 is 0 Å². The molecule has 8 nitrogen and oxygen atoms in total. The standard InChI is InChI=1S/C23H25N5O3S/c1-16-3-4-19(15-17(16)2)21-9-10-22(26-25-21)27-11-13-28(14-12-27)23(29)18-5-7-20(8-6-18)32(24,30)31/h3-10,15H,11-14H2,1-2H3,(H2,24,30,31). The number of hydrogen-bond donors (Lipinski definition) is 1. The van der Waals surface area contributed by atoms with Crippen molar-refractivity contribution in [1.82, 2.24) is 15.1 Å². The van der Waals surface area contributed by atoms with Crippen LogP contribution in [0.2, 0.25) is 0 Å². The molecule has 166 valence electrons. The summed E-state index contributed by atoms with van der Waals surface area (Å²) in [7, 11) is -3.78. The average molecular weight is 452 g/mol. The van der Waals surface area contributed by atoms with Gasteiger partial charge < -0.3 is 9.80 Å². The number of hydrogen-bond acceptors (Lipinski definition) is 6. The maximum absolute atomic E-state index is 12.8. The predicted octanol–water partition coefficient (Wildman–Crippen LogP) is 2.37. The first-order chi connectivity index (χ1) is 15.2. The van der Waals surface area contributed by atoms with Crippen LogP contribution in [-0.4, -0.2) is 55.6 Å². The second kappa shape index (κ2) is 8.68. The largest absolute Gasteiger partial charge is 0.352 e. The van der Waals surface area contributed by atoms with Gasteiger partial charge in [0.25, 0.3) is 5.91 Å². The summed E-state index contributed by atoms with van der Waals surface area (Å²) < 4.78 is 22.8. The van der Waals surface area contributed by atoms with Gasteiger partial charge in [-0.15, -0.1) is 10.2 Å². The van der Waals surface area contributed by atoms with Gasteiger partial charge >= 0.3 is 0 Å². The molecule has 32 heavy (non-hydrogen) atoms. The fourth-order valence-electron chi connectivity index (χ4n) is 3.66. The van der Waals surface area contributed by atoms with Crippen molar-refractivity contribution in [1.29, 1.82) is 0 Å². The first-order valence-electron chi connectivity index (χ1n) is 10.3. The molecule has 2 N–H and O–H groups in total. The average Bonchev–Trinajstić information content (AvgIpc) is 2.80. The van der Waals surface area contributed by atoms with E-state index in [9.17, 15) is 13.2 Å². The van der Waals surface area contributed by atoms with Gasteiger partial charge in [0.2, 0.25) is 10.0 Å². The molecule has 1 fully saturated rings. The Hall–Kier alpha value is -3.30. The number of carbonyl (C=O) groups excluding carboxylic acids is 1. The van der Waals surface area contributed by atoms with E-state index in [1.54, 1.807) is 4.90 Å². The summed E-state index contributed by atoms with van der Waals surface area (Å²) in [5.74, 6) is 0.643. The van der Waals surface area contributed by atoms with E-state index in [1.807, 2.05) is 18.2 Å². The van der Waals surface area contributed by atoms with Crippen LogP contribution in [0.4, 0.5) is 5.82 Å². The quantitative estimate of drug-likeness (QED) is 0.652. The van der Waals surface area contributed by atoms with E-state index >= 15 is 0 Å². The van der Waals surface area contributed by atoms with Crippen LogP contribution in [0.1, 0.15) is 21.5 Å². The molecule has 2 aromatic carbocycles. The molecule has 1 aromatic heterocycles. The van der Waals surface area contributed by atoms with Gasteiger partial charge in [0.05, 0.1) is 10.6 Å². The van der Waals surface area contributed by atoms with Gasteiger partial charge in [0, 0.05) is 37.3 Å². The third-order valence-corrected chi connectivity index (χ3v) is 6.70. The third kappa shape index (κ3) is 4.63. The zero-order valence-corrected chi connectivity index (χ0v) is 18.8. The molecule has 3 aromatic rings. The van der Waals surface area contributed by atoms with E-state index in [0.717, 1.165) is 17.1 Å². The molecule has 9 heteroatoms. The highest BCUT2D eigenvalue weighted by Crippen LogP contribution is 2.22. The van der Waals surface area contributed by atoms with E-state index in [0.29, 0.717) is 31.7 Å². The molecule has 1 aliphatic heterocycles. The lowest BCUT2D eigenvalue weighted by atomic mass is 10.0. The number of nitrogens with zero attached hydrogens (tertiary/aromatic N) is 4. The highest BCUT2D eigenvalue weighted by molar-refractivity contribution is 7.89. The number of rotatable bonds is 4. The third-order valence-electron chi connectivity index (χ3n) is 5.77. The number of sulfonamides is 1. The van der Waals surface area contributed by atoms with Crippen molar-refractivity contribution in [3.05, 3.63) is 71.3 Å². The first kappa shape index (κ1) is 21.9. The molecule has 0 atom stereocenters. The summed E-state index contributed by atoms with van der Waals surface area (Å²) >= 11 is 0. The zero-order valence-electron chi connectivity index (χ0n) is 18.0. The topological polar surface area (TPSA) is 109 Å². The Balaban J connectivity index is 1.39. The molecule has 0 saturated carbocycles. The molecular weight excluding hydrogens is 426 g/mol. The number of amides is 1. The number of nitrogens with two attached hydrogens (primary N) is 1. The summed E-state index contributed by atoms with van der Waals surface area (Å²) in [6.45, 7) is 6.51. The molecule has 1 saturated heterocycles. The fraction of sp³-hybridized carbons (Fsp3) is 0.261. The van der Waals surface area contributed by atoms with Gasteiger partial charge in [-0.2, -0.15) is 0 Å². The lowest BCUT2D eigenvalue weighted by Gasteiger charge is -2.35. The fourth-order valence-corrected chi connectivity index (χ4v) is 4.17. The first-order valence-corrected chi connectivity index (χ1v) is 11.9. The van der Waals surface area contributed by atoms with Gasteiger partial charge in [-0.25, -0.2) is 13.6 Å². The number of aryl methyl sites for hydroxylation is 2. The summed E-state index contributed by atoms with van der Waals surface area (Å²) in [5, 5.41) is 13.9. The molecule has 0 aliphatic carbocycles. The Morgan fingerprint density at radius 3 is 2.12 bits per heavy atom. The van der Waals surface area contributed by atoms with Gasteiger partial charge in [-0.05, 0) is 67.4 Å². The van der Waals surface area contributed by atoms with Gasteiger partial charge in [0.1, 0.15) is 0 Å². The summed E-state index contributed by atoms with van der Waals surface area (Å²) in [5.41, 5.74) is 4.76. The smallest absolute Gasteiger partial charge is 0.253 e. The molecule has 1 aliphatic rings. The Kier molecular flexibility index (Phi) is 5.94. The maximum Gasteiger partial charge on any atom is 0.253 e. The number of benzene rings is 2. The molecule has 0 radical (unpaired) electrons. The van der Waals surface area contributed by atoms with Gasteiger partial charge in [0.15, 0.2) is 5.82 Å². The van der Waals surface area contributed by atoms with E-state index in [1.165, 1.54) is 35.4 Å². The second-order valence-corrected chi connectivity index (χ2v) is 9.49. The zero-order chi connectivity index (χ0) is 22.9. The van der Waals surface area contributed by atoms with E-state index in [-0.39, 0.29) is 10.8 Å². The Morgan fingerprint density at radius 1 is 0.875 bits per heavy atom. The van der Waals surface area contributed by atoms with Crippen molar-refractivity contribution in [3.63, 3.8) is 0 Å². The highest BCUT2D eigenvalue weighted by atomic mass is 32.2.